The van der Waals surface area contributed by atoms with E-state index in [9.17, 15) is 9.59 Å². The third kappa shape index (κ3) is 8.05. The molecule has 0 spiro atoms. The van der Waals surface area contributed by atoms with Crippen molar-refractivity contribution in [2.75, 3.05) is 31.1 Å². The van der Waals surface area contributed by atoms with Crippen LogP contribution in [0.4, 0.5) is 5.69 Å². The second-order valence-electron chi connectivity index (χ2n) is 19.5. The van der Waals surface area contributed by atoms with Gasteiger partial charge in [0.25, 0.3) is 11.7 Å². The quantitative estimate of drug-likeness (QED) is 0.0440. The van der Waals surface area contributed by atoms with E-state index in [2.05, 4.69) is 109 Å². The minimum atomic E-state index is -0.408. The molecule has 352 valence electrons. The fraction of sp³-hybridized carbons (Fsp3) is 0.258. The molecule has 1 aliphatic carbocycles. The predicted molar refractivity (Wildman–Crippen MR) is 293 cm³/mol. The van der Waals surface area contributed by atoms with Gasteiger partial charge >= 0.3 is 0 Å². The molecule has 0 amide bonds. The second-order valence-corrected chi connectivity index (χ2v) is 20.1. The summed E-state index contributed by atoms with van der Waals surface area (Å²) in [5, 5.41) is 4.65. The minimum absolute atomic E-state index is 0.408. The lowest BCUT2D eigenvalue weighted by atomic mass is 9.84. The van der Waals surface area contributed by atoms with Crippen LogP contribution in [0.5, 0.6) is 0 Å². The third-order valence-corrected chi connectivity index (χ3v) is 15.6. The van der Waals surface area contributed by atoms with E-state index >= 15 is 0 Å². The topological polar surface area (TPSA) is 93.4 Å². The Labute approximate surface area is 418 Å². The summed E-state index contributed by atoms with van der Waals surface area (Å²) in [6.45, 7) is 10.1. The fourth-order valence-corrected chi connectivity index (χ4v) is 12.1. The first-order valence-corrected chi connectivity index (χ1v) is 26.4. The summed E-state index contributed by atoms with van der Waals surface area (Å²) < 4.78 is 10.2. The number of hydrogen-bond donors (Lipinski definition) is 0. The van der Waals surface area contributed by atoms with E-state index in [1.807, 2.05) is 24.3 Å². The van der Waals surface area contributed by atoms with Crippen LogP contribution < -0.4 is 9.27 Å². The van der Waals surface area contributed by atoms with E-state index in [4.69, 9.17) is 18.7 Å². The fourth-order valence-electron chi connectivity index (χ4n) is 11.5. The van der Waals surface area contributed by atoms with Gasteiger partial charge < -0.3 is 4.90 Å². The van der Waals surface area contributed by atoms with Crippen molar-refractivity contribution >= 4 is 83.6 Å². The van der Waals surface area contributed by atoms with E-state index in [0.717, 1.165) is 123 Å². The molecule has 0 atom stereocenters. The number of hydrogen-bond acceptors (Lipinski definition) is 7. The first kappa shape index (κ1) is 45.0. The number of ketones is 2. The first-order chi connectivity index (χ1) is 35.0. The Morgan fingerprint density at radius 2 is 1.08 bits per heavy atom. The van der Waals surface area contributed by atoms with E-state index < -0.39 is 11.6 Å². The predicted octanol–water partition coefficient (Wildman–Crippen LogP) is 14.5. The molecule has 4 heterocycles. The van der Waals surface area contributed by atoms with Crippen LogP contribution in [0, 0.1) is 0 Å². The molecule has 0 unspecified atom stereocenters. The Morgan fingerprint density at radius 1 is 0.521 bits per heavy atom. The van der Waals surface area contributed by atoms with Crippen molar-refractivity contribution in [3.05, 3.63) is 161 Å². The van der Waals surface area contributed by atoms with Crippen LogP contribution in [0.25, 0.3) is 88.0 Å². The lowest BCUT2D eigenvalue weighted by molar-refractivity contribution is 0.0815. The van der Waals surface area contributed by atoms with Crippen LogP contribution in [-0.4, -0.2) is 57.0 Å². The number of Topliss-reactive ketones (excluding diaryl/α,β-unsaturated/α-hetero) is 2. The van der Waals surface area contributed by atoms with Gasteiger partial charge in [0.2, 0.25) is 11.6 Å². The number of aromatic nitrogens is 4. The Bertz CT molecular complexity index is 3670. The highest BCUT2D eigenvalue weighted by atomic mass is 32.1. The highest BCUT2D eigenvalue weighted by Gasteiger charge is 2.30. The molecular formula is C62H56N6O2S. The smallest absolute Gasteiger partial charge is 0.279 e. The van der Waals surface area contributed by atoms with E-state index in [1.165, 1.54) is 89.8 Å². The van der Waals surface area contributed by atoms with E-state index in [0.29, 0.717) is 11.1 Å². The maximum atomic E-state index is 11.8. The minimum Gasteiger partial charge on any atom is -0.371 e. The summed E-state index contributed by atoms with van der Waals surface area (Å²) in [4.78, 5) is 40.3. The number of carbonyl (C=O) groups excluding carboxylic acids is 2. The highest BCUT2D eigenvalue weighted by Crippen LogP contribution is 2.45. The monoisotopic (exact) mass is 948 g/mol. The zero-order chi connectivity index (χ0) is 48.0. The second kappa shape index (κ2) is 19.2. The number of fused-ring (bicyclic) bond motifs is 13. The lowest BCUT2D eigenvalue weighted by Gasteiger charge is -2.32. The van der Waals surface area contributed by atoms with Gasteiger partial charge in [0.05, 0.1) is 22.1 Å². The van der Waals surface area contributed by atoms with Crippen molar-refractivity contribution in [2.24, 2.45) is 0 Å². The van der Waals surface area contributed by atoms with Crippen molar-refractivity contribution in [1.29, 1.82) is 0 Å². The van der Waals surface area contributed by atoms with Gasteiger partial charge in [-0.25, -0.2) is 9.97 Å². The van der Waals surface area contributed by atoms with Gasteiger partial charge in [0.1, 0.15) is 0 Å². The Kier molecular flexibility index (Phi) is 12.2. The highest BCUT2D eigenvalue weighted by molar-refractivity contribution is 7.00. The average molecular weight is 949 g/mol. The number of unbranched alkanes of at least 4 members (excludes halogenated alkanes) is 4. The van der Waals surface area contributed by atoms with E-state index in [1.54, 1.807) is 24.3 Å². The van der Waals surface area contributed by atoms with Gasteiger partial charge in [0.15, 0.2) is 0 Å². The maximum absolute atomic E-state index is 11.8. The van der Waals surface area contributed by atoms with Crippen LogP contribution >= 0.6 is 11.7 Å². The summed E-state index contributed by atoms with van der Waals surface area (Å²) >= 11 is 1.30. The molecule has 0 saturated carbocycles. The summed E-state index contributed by atoms with van der Waals surface area (Å²) in [5.74, 6) is -0.816. The molecule has 13 rings (SSSR count). The lowest BCUT2D eigenvalue weighted by Crippen LogP contribution is -2.31. The molecule has 9 heteroatoms. The van der Waals surface area contributed by atoms with Crippen molar-refractivity contribution < 1.29 is 9.59 Å². The Hall–Kier alpha value is -7.20. The number of rotatable bonds is 10. The van der Waals surface area contributed by atoms with Gasteiger partial charge in [0, 0.05) is 75.9 Å². The normalized spacial score (nSPS) is 14.4. The SMILES string of the molecule is CCCCCN1CCc2ccc(-c3c4nc5c6ccccc6c6ccccc6c5nc4c(-c4ccc5c(c4)CCCN5CCCCC)c4n[s+][n-]c34)cc2C1.O=C1C(=O)c2ccccc2-c2ccccc21. The van der Waals surface area contributed by atoms with Gasteiger partial charge in [-0.05, 0) is 107 Å². The standard InChI is InChI=1S/C48H48N6S.C14H8O2/c1-3-5-11-24-53-27-23-31-19-20-33(29-35(31)30-53)41-45-46(50-44-39-18-10-8-16-37(39)36-15-7-9-17-38(36)43(44)49-45)42(48-47(41)51-55-52-48)34-21-22-40-32(28-34)14-13-26-54(40)25-12-6-4-2;15-13-11-7-3-1-5-9(11)10-6-2-4-8-12(10)14(13)16/h7-10,15-22,28-29H,3-6,11-14,23-27,30H2,1-2H3;1-8H. The van der Waals surface area contributed by atoms with Crippen molar-refractivity contribution in [2.45, 2.75) is 78.2 Å². The summed E-state index contributed by atoms with van der Waals surface area (Å²) in [5.41, 5.74) is 18.3. The van der Waals surface area contributed by atoms with Crippen molar-refractivity contribution in [3.63, 3.8) is 0 Å². The van der Waals surface area contributed by atoms with Crippen LogP contribution in [0.2, 0.25) is 0 Å². The zero-order valence-corrected chi connectivity index (χ0v) is 41.3. The van der Waals surface area contributed by atoms with Gasteiger partial charge in [-0.3, -0.25) is 14.5 Å². The molecule has 8 nitrogen and oxygen atoms in total. The van der Waals surface area contributed by atoms with Gasteiger partial charge in [-0.15, -0.1) is 0 Å². The molecule has 0 saturated heterocycles. The van der Waals surface area contributed by atoms with Crippen LogP contribution in [-0.2, 0) is 19.4 Å². The van der Waals surface area contributed by atoms with E-state index in [-0.39, 0.29) is 0 Å². The van der Waals surface area contributed by atoms with Crippen LogP contribution in [0.3, 0.4) is 0 Å². The molecule has 0 bridgehead atoms. The number of nitrogens with zero attached hydrogens (tertiary/aromatic N) is 6. The van der Waals surface area contributed by atoms with Crippen molar-refractivity contribution in [1.82, 2.24) is 23.6 Å². The molecule has 0 fully saturated rings. The number of carbonyl (C=O) groups is 2. The molecule has 3 aliphatic rings. The molecule has 71 heavy (non-hydrogen) atoms. The first-order valence-electron chi connectivity index (χ1n) is 25.7. The average Bonchev–Trinajstić information content (AvgIpc) is 3.91. The summed E-state index contributed by atoms with van der Waals surface area (Å²) in [7, 11) is 0. The van der Waals surface area contributed by atoms with Gasteiger partial charge in [-0.2, -0.15) is 8.75 Å². The molecule has 0 radical (unpaired) electrons. The largest absolute Gasteiger partial charge is 0.371 e. The molecule has 2 aliphatic heterocycles. The Balaban J connectivity index is 0.000000273. The molecule has 8 aromatic carbocycles. The third-order valence-electron chi connectivity index (χ3n) is 15.1. The molecular weight excluding hydrogens is 893 g/mol. The number of benzene rings is 8. The number of aryl methyl sites for hydroxylation is 1. The molecule has 10 aromatic rings. The summed E-state index contributed by atoms with van der Waals surface area (Å²) in [6, 6.07) is 46.0. The zero-order valence-electron chi connectivity index (χ0n) is 40.5. The van der Waals surface area contributed by atoms with Gasteiger partial charge in [-0.1, -0.05) is 155 Å². The van der Waals surface area contributed by atoms with Crippen LogP contribution in [0.1, 0.15) is 96.2 Å². The Morgan fingerprint density at radius 3 is 1.75 bits per heavy atom. The molecule has 2 aromatic heterocycles. The number of anilines is 1. The molecule has 0 N–H and O–H groups in total. The summed E-state index contributed by atoms with van der Waals surface area (Å²) in [6.07, 6.45) is 10.9. The maximum Gasteiger partial charge on any atom is 0.279 e. The van der Waals surface area contributed by atoms with Crippen molar-refractivity contribution in [3.8, 4) is 33.4 Å². The van der Waals surface area contributed by atoms with Crippen LogP contribution in [0.15, 0.2) is 133 Å².